The van der Waals surface area contributed by atoms with E-state index in [1.807, 2.05) is 6.07 Å². The van der Waals surface area contributed by atoms with Crippen LogP contribution in [0, 0.1) is 11.3 Å². The number of nitriles is 1. The van der Waals surface area contributed by atoms with Crippen LogP contribution < -0.4 is 4.74 Å². The van der Waals surface area contributed by atoms with E-state index in [1.54, 1.807) is 6.07 Å². The summed E-state index contributed by atoms with van der Waals surface area (Å²) in [6.45, 7) is 0.800. The van der Waals surface area contributed by atoms with Crippen molar-refractivity contribution < 1.29 is 14.6 Å². The molecule has 1 amide bonds. The van der Waals surface area contributed by atoms with E-state index in [4.69, 9.17) is 15.1 Å². The molecule has 1 aliphatic heterocycles. The van der Waals surface area contributed by atoms with Crippen molar-refractivity contribution in [1.82, 2.24) is 9.88 Å². The smallest absolute Gasteiger partial charge is 0.407 e. The number of carbonyl (C=O) groups is 1. The van der Waals surface area contributed by atoms with E-state index in [-0.39, 0.29) is 12.6 Å². The maximum atomic E-state index is 10.7. The Kier molecular flexibility index (Phi) is 3.10. The van der Waals surface area contributed by atoms with E-state index in [9.17, 15) is 4.79 Å². The van der Waals surface area contributed by atoms with Crippen LogP contribution in [0.3, 0.4) is 0 Å². The van der Waals surface area contributed by atoms with Gasteiger partial charge in [0.15, 0.2) is 5.75 Å². The second-order valence-electron chi connectivity index (χ2n) is 3.71. The molecule has 0 aliphatic carbocycles. The minimum Gasteiger partial charge on any atom is -0.488 e. The van der Waals surface area contributed by atoms with Crippen LogP contribution in [-0.2, 0) is 0 Å². The number of hydrogen-bond donors (Lipinski definition) is 1. The number of rotatable bonds is 3. The monoisotopic (exact) mass is 233 g/mol. The predicted molar refractivity (Wildman–Crippen MR) is 57.6 cm³/mol. The highest BCUT2D eigenvalue weighted by Crippen LogP contribution is 2.20. The summed E-state index contributed by atoms with van der Waals surface area (Å²) >= 11 is 0. The molecule has 1 saturated heterocycles. The van der Waals surface area contributed by atoms with Gasteiger partial charge in [0.2, 0.25) is 0 Å². The third-order valence-electron chi connectivity index (χ3n) is 2.73. The van der Waals surface area contributed by atoms with Gasteiger partial charge in [-0.3, -0.25) is 4.98 Å². The fraction of sp³-hybridized carbons (Fsp3) is 0.364. The van der Waals surface area contributed by atoms with Crippen molar-refractivity contribution in [2.24, 2.45) is 0 Å². The van der Waals surface area contributed by atoms with Crippen LogP contribution in [0.5, 0.6) is 5.75 Å². The average molecular weight is 233 g/mol. The molecule has 6 heteroatoms. The van der Waals surface area contributed by atoms with E-state index in [0.717, 1.165) is 6.42 Å². The van der Waals surface area contributed by atoms with Crippen LogP contribution in [0.1, 0.15) is 12.0 Å². The topological polar surface area (TPSA) is 86.5 Å². The largest absolute Gasteiger partial charge is 0.488 e. The Balaban J connectivity index is 1.95. The lowest BCUT2D eigenvalue weighted by atomic mass is 10.1. The number of likely N-dealkylation sites (tertiary alicyclic amines) is 1. The highest BCUT2D eigenvalue weighted by Gasteiger charge is 2.32. The first-order valence-electron chi connectivity index (χ1n) is 5.19. The predicted octanol–water partition coefficient (Wildman–Crippen LogP) is 1.08. The molecule has 1 N–H and O–H groups in total. The lowest BCUT2D eigenvalue weighted by molar-refractivity contribution is 0.0498. The lowest BCUT2D eigenvalue weighted by Gasteiger charge is -2.38. The van der Waals surface area contributed by atoms with Gasteiger partial charge in [0.1, 0.15) is 12.7 Å². The zero-order valence-corrected chi connectivity index (χ0v) is 9.04. The third-order valence-corrected chi connectivity index (χ3v) is 2.73. The molecule has 0 radical (unpaired) electrons. The van der Waals surface area contributed by atoms with Gasteiger partial charge < -0.3 is 14.7 Å². The van der Waals surface area contributed by atoms with Crippen molar-refractivity contribution in [3.05, 3.63) is 24.0 Å². The van der Waals surface area contributed by atoms with Crippen LogP contribution in [0.2, 0.25) is 0 Å². The minimum atomic E-state index is -0.934. The molecule has 17 heavy (non-hydrogen) atoms. The van der Waals surface area contributed by atoms with E-state index >= 15 is 0 Å². The Labute approximate surface area is 98.1 Å². The van der Waals surface area contributed by atoms with Crippen molar-refractivity contribution in [2.75, 3.05) is 13.2 Å². The van der Waals surface area contributed by atoms with Crippen LogP contribution in [0.4, 0.5) is 4.79 Å². The Morgan fingerprint density at radius 1 is 1.76 bits per heavy atom. The fourth-order valence-electron chi connectivity index (χ4n) is 1.64. The molecular weight excluding hydrogens is 222 g/mol. The van der Waals surface area contributed by atoms with E-state index in [1.165, 1.54) is 17.3 Å². The van der Waals surface area contributed by atoms with Gasteiger partial charge in [-0.2, -0.15) is 5.26 Å². The molecule has 1 aromatic rings. The van der Waals surface area contributed by atoms with Crippen molar-refractivity contribution in [3.63, 3.8) is 0 Å². The second kappa shape index (κ2) is 4.70. The summed E-state index contributed by atoms with van der Waals surface area (Å²) in [6.07, 6.45) is 2.83. The van der Waals surface area contributed by atoms with Gasteiger partial charge in [0.25, 0.3) is 0 Å². The SMILES string of the molecule is N#Cc1ccncc1OCC1CCN1C(=O)O. The molecular formula is C11H11N3O3. The molecule has 1 aromatic heterocycles. The van der Waals surface area contributed by atoms with Crippen LogP contribution in [0.25, 0.3) is 0 Å². The van der Waals surface area contributed by atoms with Gasteiger partial charge in [-0.15, -0.1) is 0 Å². The Morgan fingerprint density at radius 2 is 2.59 bits per heavy atom. The number of ether oxygens (including phenoxy) is 1. The van der Waals surface area contributed by atoms with Gasteiger partial charge in [0.05, 0.1) is 17.8 Å². The molecule has 0 aromatic carbocycles. The van der Waals surface area contributed by atoms with Crippen LogP contribution >= 0.6 is 0 Å². The fourth-order valence-corrected chi connectivity index (χ4v) is 1.64. The van der Waals surface area contributed by atoms with E-state index in [2.05, 4.69) is 4.98 Å². The normalized spacial score (nSPS) is 18.1. The number of pyridine rings is 1. The Hall–Kier alpha value is -2.29. The molecule has 0 bridgehead atoms. The molecule has 0 saturated carbocycles. The molecule has 1 aliphatic rings. The number of carboxylic acid groups (broad SMARTS) is 1. The molecule has 1 fully saturated rings. The van der Waals surface area contributed by atoms with Crippen LogP contribution in [0.15, 0.2) is 18.5 Å². The number of aromatic nitrogens is 1. The van der Waals surface area contributed by atoms with Gasteiger partial charge in [-0.1, -0.05) is 0 Å². The summed E-state index contributed by atoms with van der Waals surface area (Å²) in [7, 11) is 0. The van der Waals surface area contributed by atoms with Crippen LogP contribution in [-0.4, -0.2) is 40.3 Å². The number of amides is 1. The Morgan fingerprint density at radius 3 is 3.18 bits per heavy atom. The maximum absolute atomic E-state index is 10.7. The van der Waals surface area contributed by atoms with Crippen molar-refractivity contribution in [3.8, 4) is 11.8 Å². The molecule has 1 atom stereocenters. The molecule has 2 rings (SSSR count). The average Bonchev–Trinajstić information content (AvgIpc) is 2.27. The maximum Gasteiger partial charge on any atom is 0.407 e. The summed E-state index contributed by atoms with van der Waals surface area (Å²) in [6, 6.07) is 3.43. The van der Waals surface area contributed by atoms with E-state index in [0.29, 0.717) is 17.9 Å². The summed E-state index contributed by atoms with van der Waals surface area (Å²) in [5.74, 6) is 0.396. The standard InChI is InChI=1S/C11H11N3O3/c12-5-8-1-3-13-6-10(8)17-7-9-2-4-14(9)11(15)16/h1,3,6,9H,2,4,7H2,(H,15,16). The van der Waals surface area contributed by atoms with Gasteiger partial charge in [0, 0.05) is 12.7 Å². The number of hydrogen-bond acceptors (Lipinski definition) is 4. The molecule has 1 unspecified atom stereocenters. The highest BCUT2D eigenvalue weighted by atomic mass is 16.5. The van der Waals surface area contributed by atoms with Crippen molar-refractivity contribution in [1.29, 1.82) is 5.26 Å². The summed E-state index contributed by atoms with van der Waals surface area (Å²) in [4.78, 5) is 15.9. The zero-order valence-electron chi connectivity index (χ0n) is 9.04. The van der Waals surface area contributed by atoms with Crippen molar-refractivity contribution >= 4 is 6.09 Å². The first-order chi connectivity index (χ1) is 8.22. The summed E-state index contributed by atoms with van der Waals surface area (Å²) < 4.78 is 5.42. The first-order valence-corrected chi connectivity index (χ1v) is 5.19. The minimum absolute atomic E-state index is 0.126. The second-order valence-corrected chi connectivity index (χ2v) is 3.71. The zero-order chi connectivity index (χ0) is 12.3. The highest BCUT2D eigenvalue weighted by molar-refractivity contribution is 5.66. The quantitative estimate of drug-likeness (QED) is 0.844. The van der Waals surface area contributed by atoms with Gasteiger partial charge in [-0.05, 0) is 12.5 Å². The molecule has 2 heterocycles. The summed E-state index contributed by atoms with van der Waals surface area (Å²) in [5.41, 5.74) is 0.404. The molecule has 6 nitrogen and oxygen atoms in total. The van der Waals surface area contributed by atoms with Gasteiger partial charge >= 0.3 is 6.09 Å². The molecule has 0 spiro atoms. The lowest BCUT2D eigenvalue weighted by Crippen LogP contribution is -2.53. The molecule has 88 valence electrons. The third kappa shape index (κ3) is 2.28. The first kappa shape index (κ1) is 11.2. The van der Waals surface area contributed by atoms with Crippen molar-refractivity contribution in [2.45, 2.75) is 12.5 Å². The summed E-state index contributed by atoms with van der Waals surface area (Å²) in [5, 5.41) is 17.6. The van der Waals surface area contributed by atoms with Gasteiger partial charge in [-0.25, -0.2) is 4.79 Å². The Bertz CT molecular complexity index is 469. The van der Waals surface area contributed by atoms with E-state index < -0.39 is 6.09 Å². The number of nitrogens with zero attached hydrogens (tertiary/aromatic N) is 3.